The van der Waals surface area contributed by atoms with Crippen LogP contribution in [0.2, 0.25) is 0 Å². The number of rotatable bonds is 60. The van der Waals surface area contributed by atoms with Gasteiger partial charge in [-0.1, -0.05) is 72.1 Å². The molecule has 106 heavy (non-hydrogen) atoms. The molecule has 38 heteroatoms. The van der Waals surface area contributed by atoms with Gasteiger partial charge in [0, 0.05) is 102 Å². The lowest BCUT2D eigenvalue weighted by molar-refractivity contribution is -0.284. The molecule has 17 unspecified atom stereocenters. The zero-order valence-electron chi connectivity index (χ0n) is 62.1. The number of carbonyl (C=O) groups excluding carboxylic acids is 7. The molecule has 0 aromatic rings. The van der Waals surface area contributed by atoms with Gasteiger partial charge >= 0.3 is 7.82 Å². The minimum absolute atomic E-state index is 0.0111. The van der Waals surface area contributed by atoms with E-state index in [4.69, 9.17) is 47.2 Å². The highest BCUT2D eigenvalue weighted by Gasteiger charge is 2.45. The molecule has 3 aliphatic rings. The number of amides is 7. The monoisotopic (exact) mass is 1550 g/mol. The Bertz CT molecular complexity index is 2490. The molecule has 3 aliphatic heterocycles. The molecule has 0 saturated carbocycles. The lowest BCUT2D eigenvalue weighted by atomic mass is 9.92. The van der Waals surface area contributed by atoms with Crippen molar-refractivity contribution in [2.45, 2.75) is 235 Å². The molecule has 0 aromatic carbocycles. The number of phosphoric ester groups is 1. The Hall–Kier alpha value is -4.36. The van der Waals surface area contributed by atoms with E-state index in [1.54, 1.807) is 20.8 Å². The molecule has 3 saturated heterocycles. The molecular weight excluding hydrogens is 1430 g/mol. The maximum Gasteiger partial charge on any atom is 0.471 e. The van der Waals surface area contributed by atoms with Gasteiger partial charge in [0.15, 0.2) is 18.9 Å². The van der Waals surface area contributed by atoms with Crippen molar-refractivity contribution in [3.63, 3.8) is 0 Å². The van der Waals surface area contributed by atoms with Gasteiger partial charge in [-0.3, -0.25) is 42.6 Å². The fourth-order valence-electron chi connectivity index (χ4n) is 11.6. The molecule has 37 nitrogen and oxygen atoms in total. The van der Waals surface area contributed by atoms with E-state index in [2.05, 4.69) is 41.7 Å². The number of aliphatic hydroxyl groups excluding tert-OH is 10. The molecule has 18 N–H and O–H groups in total. The number of phosphoric acid groups is 1. The SMILES string of the molecule is COP(=O)(O)OCC(CO)CCCCNC(=O)CCCCCCCCCCCNC(=O)CCCC(=O)N[C@@H](CCC(=O)N[C@@H](CCC(=O)NCCOCCOC1OC(CO)C(O)C(O)C1C)C(=O)NCCOCCOC1OC(CO)C(O)C(O)C1C)C(=O)NCCOCCOC1OC(CO)C(O)C(O)C1C. The third kappa shape index (κ3) is 39.0. The highest BCUT2D eigenvalue weighted by molar-refractivity contribution is 7.47. The van der Waals surface area contributed by atoms with Crippen molar-refractivity contribution < 1.29 is 146 Å². The van der Waals surface area contributed by atoms with Gasteiger partial charge in [0.25, 0.3) is 0 Å². The smallest absolute Gasteiger partial charge is 0.396 e. The Labute approximate surface area is 621 Å². The fourth-order valence-corrected chi connectivity index (χ4v) is 12.2. The second kappa shape index (κ2) is 55.9. The minimum atomic E-state index is -4.11. The summed E-state index contributed by atoms with van der Waals surface area (Å²) in [5.74, 6) is -5.61. The molecule has 0 aliphatic carbocycles. The van der Waals surface area contributed by atoms with E-state index in [-0.39, 0.29) is 149 Å². The number of hydrogen-bond acceptors (Lipinski definition) is 29. The predicted octanol–water partition coefficient (Wildman–Crippen LogP) is -2.96. The maximum absolute atomic E-state index is 13.8. The first-order valence-electron chi connectivity index (χ1n) is 37.3. The van der Waals surface area contributed by atoms with Crippen LogP contribution in [0.5, 0.6) is 0 Å². The van der Waals surface area contributed by atoms with E-state index in [0.29, 0.717) is 38.8 Å². The largest absolute Gasteiger partial charge is 0.471 e. The van der Waals surface area contributed by atoms with Crippen molar-refractivity contribution in [3.05, 3.63) is 0 Å². The van der Waals surface area contributed by atoms with Gasteiger partial charge in [-0.15, -0.1) is 0 Å². The van der Waals surface area contributed by atoms with Crippen LogP contribution in [0.4, 0.5) is 0 Å². The molecule has 618 valence electrons. The molecular formula is C68H126N7O30P. The Morgan fingerprint density at radius 2 is 0.736 bits per heavy atom. The van der Waals surface area contributed by atoms with E-state index in [0.717, 1.165) is 64.9 Å². The number of carbonyl (C=O) groups is 7. The zero-order valence-corrected chi connectivity index (χ0v) is 63.0. The number of nitrogens with one attached hydrogen (secondary N) is 7. The standard InChI is InChI=1S/C68H126N7O30P/c1-44-58(85)61(88)50(40-77)103-66(44)99-36-33-96-30-27-71-55(82)23-21-48(64(91)72-28-31-97-34-37-100-67-45(2)59(86)62(89)51(41-78)104-67)75-57(84)24-22-49(65(92)73-29-32-98-35-38-101-68-46(3)60(87)63(90)52(42-79)105-68)74-56(83)20-16-19-54(81)69-25-14-11-9-7-5-6-8-10-12-18-53(80)70-26-15-13-17-47(39-76)43-102-106(93,94)95-4/h44-52,58-63,66-68,76-79,85-90H,5-43H2,1-4H3,(H,69,81)(H,70,80)(H,71,82)(H,72,91)(H,73,92)(H,74,83)(H,75,84)(H,93,94)/t44?,45?,46?,47?,48-,49-,50?,51?,52?,58?,59?,60?,61?,62?,63?,66?,67?,68?/m0/s1. The van der Waals surface area contributed by atoms with E-state index in [1.807, 2.05) is 0 Å². The van der Waals surface area contributed by atoms with Crippen LogP contribution in [0, 0.1) is 23.7 Å². The number of unbranched alkanes of at least 4 members (excludes halogenated alkanes) is 9. The summed E-state index contributed by atoms with van der Waals surface area (Å²) in [6, 6.07) is -2.58. The summed E-state index contributed by atoms with van der Waals surface area (Å²) in [6.45, 7) is 3.86. The van der Waals surface area contributed by atoms with E-state index in [9.17, 15) is 94.1 Å². The average Bonchev–Trinajstić information content (AvgIpc) is 0.832. The molecule has 0 bridgehead atoms. The van der Waals surface area contributed by atoms with Crippen LogP contribution in [-0.2, 0) is 89.8 Å². The first-order valence-corrected chi connectivity index (χ1v) is 38.8. The lowest BCUT2D eigenvalue weighted by Crippen LogP contribution is -2.55. The summed E-state index contributed by atoms with van der Waals surface area (Å²) in [7, 11) is -3.04. The molecule has 3 fully saturated rings. The Morgan fingerprint density at radius 1 is 0.396 bits per heavy atom. The predicted molar refractivity (Wildman–Crippen MR) is 376 cm³/mol. The van der Waals surface area contributed by atoms with Crippen LogP contribution in [0.1, 0.15) is 149 Å². The summed E-state index contributed by atoms with van der Waals surface area (Å²) < 4.78 is 71.2. The van der Waals surface area contributed by atoms with Gasteiger partial charge in [0.1, 0.15) is 48.7 Å². The minimum Gasteiger partial charge on any atom is -0.396 e. The third-order valence-corrected chi connectivity index (χ3v) is 19.3. The summed E-state index contributed by atoms with van der Waals surface area (Å²) in [6.07, 6.45) is -3.60. The van der Waals surface area contributed by atoms with Gasteiger partial charge in [-0.2, -0.15) is 0 Å². The van der Waals surface area contributed by atoms with Crippen molar-refractivity contribution >= 4 is 49.2 Å². The van der Waals surface area contributed by atoms with Crippen LogP contribution in [-0.4, -0.2) is 316 Å². The van der Waals surface area contributed by atoms with Crippen molar-refractivity contribution in [2.75, 3.05) is 132 Å². The van der Waals surface area contributed by atoms with Crippen LogP contribution < -0.4 is 37.2 Å². The quantitative estimate of drug-likeness (QED) is 0.0214. The van der Waals surface area contributed by atoms with Crippen LogP contribution in [0.25, 0.3) is 0 Å². The molecule has 3 heterocycles. The molecule has 0 spiro atoms. The Balaban J connectivity index is 1.49. The third-order valence-electron chi connectivity index (χ3n) is 18.4. The van der Waals surface area contributed by atoms with Crippen LogP contribution in [0.15, 0.2) is 0 Å². The summed E-state index contributed by atoms with van der Waals surface area (Å²) in [5.41, 5.74) is 0. The first-order chi connectivity index (χ1) is 50.8. The molecule has 7 amide bonds. The highest BCUT2D eigenvalue weighted by atomic mass is 31.2. The van der Waals surface area contributed by atoms with Crippen molar-refractivity contribution in [1.82, 2.24) is 37.2 Å². The topological polar surface area (TPSA) is 545 Å². The van der Waals surface area contributed by atoms with E-state index in [1.165, 1.54) is 0 Å². The van der Waals surface area contributed by atoms with Crippen molar-refractivity contribution in [3.8, 4) is 0 Å². The van der Waals surface area contributed by atoms with Gasteiger partial charge in [0.2, 0.25) is 41.4 Å². The second-order valence-corrected chi connectivity index (χ2v) is 28.4. The van der Waals surface area contributed by atoms with E-state index < -0.39 is 167 Å². The highest BCUT2D eigenvalue weighted by Crippen LogP contribution is 2.42. The average molecular weight is 1550 g/mol. The van der Waals surface area contributed by atoms with Gasteiger partial charge in [-0.25, -0.2) is 4.57 Å². The van der Waals surface area contributed by atoms with Gasteiger partial charge in [-0.05, 0) is 44.9 Å². The molecule has 19 atom stereocenters. The molecule has 0 radical (unpaired) electrons. The van der Waals surface area contributed by atoms with Crippen LogP contribution in [0.3, 0.4) is 0 Å². The summed E-state index contributed by atoms with van der Waals surface area (Å²) in [4.78, 5) is 102. The first kappa shape index (κ1) is 95.8. The fraction of sp³-hybridized carbons (Fsp3) is 0.897. The number of ether oxygens (including phenoxy) is 9. The van der Waals surface area contributed by atoms with Gasteiger partial charge in [0.05, 0.1) is 104 Å². The molecule has 3 rings (SSSR count). The normalized spacial score (nSPS) is 26.0. The Morgan fingerprint density at radius 3 is 1.14 bits per heavy atom. The second-order valence-electron chi connectivity index (χ2n) is 26.9. The van der Waals surface area contributed by atoms with Crippen LogP contribution >= 0.6 is 7.82 Å². The lowest BCUT2D eigenvalue weighted by Gasteiger charge is -2.40. The number of hydrogen-bond donors (Lipinski definition) is 18. The Kier molecular flexibility index (Phi) is 50.6. The maximum atomic E-state index is 13.8. The number of aliphatic hydroxyl groups is 10. The molecule has 0 aromatic heterocycles. The van der Waals surface area contributed by atoms with E-state index >= 15 is 0 Å². The van der Waals surface area contributed by atoms with Crippen molar-refractivity contribution in [2.24, 2.45) is 23.7 Å². The summed E-state index contributed by atoms with van der Waals surface area (Å²) >= 11 is 0. The van der Waals surface area contributed by atoms with Gasteiger partial charge < -0.3 is 136 Å². The summed E-state index contributed by atoms with van der Waals surface area (Å²) in [5, 5.41) is 119. The van der Waals surface area contributed by atoms with Crippen molar-refractivity contribution in [1.29, 1.82) is 0 Å². The zero-order chi connectivity index (χ0) is 78.2.